The number of amides is 1. The van der Waals surface area contributed by atoms with Gasteiger partial charge in [-0.1, -0.05) is 41.6 Å². The molecule has 1 fully saturated rings. The molecule has 0 radical (unpaired) electrons. The molecular formula is C15H19BrF2N2O. The standard InChI is InChI=1S/C15H19BrF2N2O/c16-10-7-11(17)13(12(18)8-10)20-14(21)15(9-19)5-3-1-2-4-6-15/h7-8H,1-6,9,19H2,(H,20,21). The molecule has 0 heterocycles. The second-order valence-corrected chi connectivity index (χ2v) is 6.51. The first-order chi connectivity index (χ1) is 9.98. The molecule has 2 rings (SSSR count). The summed E-state index contributed by atoms with van der Waals surface area (Å²) in [5.41, 5.74) is 4.68. The minimum atomic E-state index is -0.795. The lowest BCUT2D eigenvalue weighted by Crippen LogP contribution is -2.42. The van der Waals surface area contributed by atoms with Crippen LogP contribution in [0.2, 0.25) is 0 Å². The first kappa shape index (κ1) is 16.4. The number of halogens is 3. The third kappa shape index (κ3) is 3.61. The number of carbonyl (C=O) groups is 1. The van der Waals surface area contributed by atoms with Crippen LogP contribution in [0.25, 0.3) is 0 Å². The first-order valence-corrected chi connectivity index (χ1v) is 7.94. The average Bonchev–Trinajstić information content (AvgIpc) is 2.68. The number of benzene rings is 1. The molecule has 0 atom stereocenters. The van der Waals surface area contributed by atoms with Crippen molar-refractivity contribution in [1.29, 1.82) is 0 Å². The lowest BCUT2D eigenvalue weighted by Gasteiger charge is -2.30. The zero-order chi connectivity index (χ0) is 15.5. The van der Waals surface area contributed by atoms with Crippen LogP contribution in [0.1, 0.15) is 38.5 Å². The Morgan fingerprint density at radius 3 is 2.19 bits per heavy atom. The minimum absolute atomic E-state index is 0.193. The summed E-state index contributed by atoms with van der Waals surface area (Å²) in [6.45, 7) is 0.193. The van der Waals surface area contributed by atoms with Crippen LogP contribution in [0.15, 0.2) is 16.6 Å². The molecular weight excluding hydrogens is 342 g/mol. The Kier molecular flexibility index (Phi) is 5.32. The van der Waals surface area contributed by atoms with E-state index in [2.05, 4.69) is 21.2 Å². The van der Waals surface area contributed by atoms with E-state index in [1.54, 1.807) is 0 Å². The smallest absolute Gasteiger partial charge is 0.232 e. The highest BCUT2D eigenvalue weighted by molar-refractivity contribution is 9.10. The Morgan fingerprint density at radius 1 is 1.19 bits per heavy atom. The molecule has 1 amide bonds. The second kappa shape index (κ2) is 6.83. The Labute approximate surface area is 131 Å². The van der Waals surface area contributed by atoms with E-state index in [9.17, 15) is 13.6 Å². The lowest BCUT2D eigenvalue weighted by atomic mass is 9.79. The zero-order valence-electron chi connectivity index (χ0n) is 11.7. The van der Waals surface area contributed by atoms with E-state index in [1.807, 2.05) is 0 Å². The van der Waals surface area contributed by atoms with E-state index >= 15 is 0 Å². The van der Waals surface area contributed by atoms with Crippen molar-refractivity contribution in [3.8, 4) is 0 Å². The van der Waals surface area contributed by atoms with Crippen LogP contribution in [-0.2, 0) is 4.79 Å². The van der Waals surface area contributed by atoms with Gasteiger partial charge in [0, 0.05) is 11.0 Å². The van der Waals surface area contributed by atoms with Crippen LogP contribution in [0.3, 0.4) is 0 Å². The van der Waals surface area contributed by atoms with E-state index in [4.69, 9.17) is 5.73 Å². The van der Waals surface area contributed by atoms with Crippen LogP contribution in [0.5, 0.6) is 0 Å². The van der Waals surface area contributed by atoms with E-state index in [0.717, 1.165) is 37.8 Å². The van der Waals surface area contributed by atoms with Gasteiger partial charge in [0.1, 0.15) is 5.69 Å². The maximum atomic E-state index is 13.8. The van der Waals surface area contributed by atoms with Gasteiger partial charge in [-0.3, -0.25) is 4.79 Å². The zero-order valence-corrected chi connectivity index (χ0v) is 13.3. The molecule has 0 saturated heterocycles. The Bertz CT molecular complexity index is 505. The first-order valence-electron chi connectivity index (χ1n) is 7.14. The quantitative estimate of drug-likeness (QED) is 0.801. The van der Waals surface area contributed by atoms with Crippen molar-refractivity contribution in [1.82, 2.24) is 0 Å². The van der Waals surface area contributed by atoms with E-state index < -0.39 is 22.7 Å². The molecule has 1 aliphatic carbocycles. The maximum absolute atomic E-state index is 13.8. The average molecular weight is 361 g/mol. The van der Waals surface area contributed by atoms with Crippen LogP contribution in [0, 0.1) is 17.0 Å². The molecule has 1 aliphatic rings. The molecule has 0 unspecified atom stereocenters. The maximum Gasteiger partial charge on any atom is 0.232 e. The summed E-state index contributed by atoms with van der Waals surface area (Å²) in [7, 11) is 0. The van der Waals surface area contributed by atoms with Crippen molar-refractivity contribution in [2.24, 2.45) is 11.1 Å². The van der Waals surface area contributed by atoms with Crippen LogP contribution in [-0.4, -0.2) is 12.5 Å². The van der Waals surface area contributed by atoms with Gasteiger partial charge < -0.3 is 11.1 Å². The third-order valence-electron chi connectivity index (χ3n) is 4.18. The molecule has 1 aromatic carbocycles. The largest absolute Gasteiger partial charge is 0.329 e. The van der Waals surface area contributed by atoms with Crippen molar-refractivity contribution in [2.75, 3.05) is 11.9 Å². The van der Waals surface area contributed by atoms with Crippen LogP contribution < -0.4 is 11.1 Å². The lowest BCUT2D eigenvalue weighted by molar-refractivity contribution is -0.125. The van der Waals surface area contributed by atoms with Gasteiger partial charge in [-0.05, 0) is 25.0 Å². The summed E-state index contributed by atoms with van der Waals surface area (Å²) in [5.74, 6) is -1.97. The molecule has 0 aromatic heterocycles. The fourth-order valence-corrected chi connectivity index (χ4v) is 3.24. The summed E-state index contributed by atoms with van der Waals surface area (Å²) in [5, 5.41) is 2.41. The highest BCUT2D eigenvalue weighted by atomic mass is 79.9. The molecule has 3 N–H and O–H groups in total. The van der Waals surface area contributed by atoms with Crippen LogP contribution in [0.4, 0.5) is 14.5 Å². The summed E-state index contributed by atoms with van der Waals surface area (Å²) in [6, 6.07) is 2.25. The van der Waals surface area contributed by atoms with Gasteiger partial charge in [-0.15, -0.1) is 0 Å². The number of hydrogen-bond donors (Lipinski definition) is 2. The molecule has 3 nitrogen and oxygen atoms in total. The Morgan fingerprint density at radius 2 is 1.71 bits per heavy atom. The molecule has 0 bridgehead atoms. The normalized spacial score (nSPS) is 18.1. The van der Waals surface area contributed by atoms with E-state index in [0.29, 0.717) is 17.3 Å². The molecule has 21 heavy (non-hydrogen) atoms. The molecule has 0 aliphatic heterocycles. The predicted molar refractivity (Wildman–Crippen MR) is 81.9 cm³/mol. The van der Waals surface area contributed by atoms with Gasteiger partial charge in [0.15, 0.2) is 11.6 Å². The van der Waals surface area contributed by atoms with Crippen LogP contribution >= 0.6 is 15.9 Å². The molecule has 0 spiro atoms. The van der Waals surface area contributed by atoms with Crippen molar-refractivity contribution in [3.05, 3.63) is 28.2 Å². The highest BCUT2D eigenvalue weighted by Gasteiger charge is 2.37. The second-order valence-electron chi connectivity index (χ2n) is 5.60. The number of nitrogens with two attached hydrogens (primary N) is 1. The minimum Gasteiger partial charge on any atom is -0.329 e. The van der Waals surface area contributed by atoms with Crippen molar-refractivity contribution < 1.29 is 13.6 Å². The van der Waals surface area contributed by atoms with Crippen molar-refractivity contribution in [3.63, 3.8) is 0 Å². The molecule has 6 heteroatoms. The SMILES string of the molecule is NCC1(C(=O)Nc2c(F)cc(Br)cc2F)CCCCCC1. The monoisotopic (exact) mass is 360 g/mol. The number of rotatable bonds is 3. The highest BCUT2D eigenvalue weighted by Crippen LogP contribution is 2.36. The molecule has 1 aromatic rings. The number of nitrogens with one attached hydrogen (secondary N) is 1. The van der Waals surface area contributed by atoms with Gasteiger partial charge in [0.05, 0.1) is 5.41 Å². The summed E-state index contributed by atoms with van der Waals surface area (Å²) in [4.78, 5) is 12.5. The number of carbonyl (C=O) groups excluding carboxylic acids is 1. The van der Waals surface area contributed by atoms with E-state index in [1.165, 1.54) is 0 Å². The van der Waals surface area contributed by atoms with E-state index in [-0.39, 0.29) is 12.5 Å². The Hall–Kier alpha value is -1.01. The van der Waals surface area contributed by atoms with Crippen molar-refractivity contribution >= 4 is 27.5 Å². The Balaban J connectivity index is 2.23. The summed E-state index contributed by atoms with van der Waals surface area (Å²) < 4.78 is 28.0. The topological polar surface area (TPSA) is 55.1 Å². The summed E-state index contributed by atoms with van der Waals surface area (Å²) in [6.07, 6.45) is 5.28. The molecule has 116 valence electrons. The van der Waals surface area contributed by atoms with Gasteiger partial charge in [-0.2, -0.15) is 0 Å². The van der Waals surface area contributed by atoms with Gasteiger partial charge in [0.25, 0.3) is 0 Å². The van der Waals surface area contributed by atoms with Gasteiger partial charge >= 0.3 is 0 Å². The van der Waals surface area contributed by atoms with Crippen molar-refractivity contribution in [2.45, 2.75) is 38.5 Å². The fourth-order valence-electron chi connectivity index (χ4n) is 2.84. The predicted octanol–water partition coefficient (Wildman–Crippen LogP) is 3.97. The molecule has 1 saturated carbocycles. The third-order valence-corrected chi connectivity index (χ3v) is 4.64. The number of hydrogen-bond acceptors (Lipinski definition) is 2. The summed E-state index contributed by atoms with van der Waals surface area (Å²) >= 11 is 3.01. The van der Waals surface area contributed by atoms with Gasteiger partial charge in [0.2, 0.25) is 5.91 Å². The fraction of sp³-hybridized carbons (Fsp3) is 0.533. The number of anilines is 1. The van der Waals surface area contributed by atoms with Gasteiger partial charge in [-0.25, -0.2) is 8.78 Å².